The highest BCUT2D eigenvalue weighted by atomic mass is 35.5. The zero-order valence-electron chi connectivity index (χ0n) is 9.87. The molecule has 0 aliphatic heterocycles. The predicted octanol–water partition coefficient (Wildman–Crippen LogP) is 4.39. The van der Waals surface area contributed by atoms with Crippen molar-refractivity contribution in [3.63, 3.8) is 0 Å². The molecular weight excluding hydrogens is 241 g/mol. The van der Waals surface area contributed by atoms with Crippen molar-refractivity contribution < 1.29 is 17.9 Å². The van der Waals surface area contributed by atoms with Gasteiger partial charge in [0, 0.05) is 12.5 Å². The van der Waals surface area contributed by atoms with Gasteiger partial charge in [0.05, 0.1) is 0 Å². The van der Waals surface area contributed by atoms with E-state index in [4.69, 9.17) is 11.6 Å². The molecule has 1 nitrogen and oxygen atoms in total. The highest BCUT2D eigenvalue weighted by Gasteiger charge is 2.28. The molecule has 0 unspecified atom stereocenters. The molecule has 0 aliphatic rings. The van der Waals surface area contributed by atoms with E-state index in [-0.39, 0.29) is 12.0 Å². The van der Waals surface area contributed by atoms with Gasteiger partial charge in [-0.05, 0) is 31.1 Å². The Kier molecular flexibility index (Phi) is 7.40. The second-order valence-corrected chi connectivity index (χ2v) is 4.38. The van der Waals surface area contributed by atoms with Crippen LogP contribution in [-0.4, -0.2) is 25.3 Å². The zero-order chi connectivity index (χ0) is 12.7. The van der Waals surface area contributed by atoms with Crippen LogP contribution in [0.3, 0.4) is 0 Å². The first-order valence-corrected chi connectivity index (χ1v) is 6.13. The van der Waals surface area contributed by atoms with Gasteiger partial charge in [0.1, 0.15) is 6.61 Å². The maximum absolute atomic E-state index is 11.8. The summed E-state index contributed by atoms with van der Waals surface area (Å²) >= 11 is 5.89. The number of halogens is 4. The number of hydrogen-bond donors (Lipinski definition) is 0. The molecule has 0 saturated carbocycles. The molecule has 0 aromatic heterocycles. The Bertz CT molecular complexity index is 170. The van der Waals surface area contributed by atoms with Crippen LogP contribution < -0.4 is 0 Å². The van der Waals surface area contributed by atoms with E-state index in [0.717, 1.165) is 19.3 Å². The molecule has 0 aromatic rings. The molecule has 0 radical (unpaired) electrons. The summed E-state index contributed by atoms with van der Waals surface area (Å²) in [6.45, 7) is 3.11. The highest BCUT2D eigenvalue weighted by Crippen LogP contribution is 2.33. The van der Waals surface area contributed by atoms with E-state index < -0.39 is 12.8 Å². The molecular formula is C11H20ClF3O. The smallest absolute Gasteiger partial charge is 0.372 e. The third-order valence-corrected chi connectivity index (χ3v) is 3.61. The van der Waals surface area contributed by atoms with Gasteiger partial charge in [-0.2, -0.15) is 13.2 Å². The van der Waals surface area contributed by atoms with Crippen LogP contribution >= 0.6 is 11.6 Å². The van der Waals surface area contributed by atoms with Gasteiger partial charge in [-0.25, -0.2) is 0 Å². The van der Waals surface area contributed by atoms with E-state index in [9.17, 15) is 13.2 Å². The quantitative estimate of drug-likeness (QED) is 0.465. The predicted molar refractivity (Wildman–Crippen MR) is 59.8 cm³/mol. The van der Waals surface area contributed by atoms with E-state index in [1.54, 1.807) is 0 Å². The average Bonchev–Trinajstić information content (AvgIpc) is 2.23. The molecule has 0 aliphatic carbocycles. The van der Waals surface area contributed by atoms with Crippen LogP contribution in [-0.2, 0) is 4.74 Å². The van der Waals surface area contributed by atoms with Crippen LogP contribution in [0.2, 0.25) is 0 Å². The number of rotatable bonds is 8. The standard InChI is InChI=1S/C11H20ClF3O/c1-3-10(4-2,8-12)6-5-7-16-9-11(13,14)15/h3-9H2,1-2H3. The summed E-state index contributed by atoms with van der Waals surface area (Å²) in [5.41, 5.74) is 0.0587. The van der Waals surface area contributed by atoms with Crippen LogP contribution in [0.15, 0.2) is 0 Å². The minimum atomic E-state index is -4.22. The van der Waals surface area contributed by atoms with Crippen LogP contribution in [0, 0.1) is 5.41 Å². The summed E-state index contributed by atoms with van der Waals surface area (Å²) < 4.78 is 39.9. The third-order valence-electron chi connectivity index (χ3n) is 3.04. The Morgan fingerprint density at radius 2 is 1.69 bits per heavy atom. The van der Waals surface area contributed by atoms with E-state index >= 15 is 0 Å². The van der Waals surface area contributed by atoms with Gasteiger partial charge in [-0.3, -0.25) is 0 Å². The summed E-state index contributed by atoms with van der Waals surface area (Å²) in [6, 6.07) is 0. The van der Waals surface area contributed by atoms with Crippen molar-refractivity contribution in [3.05, 3.63) is 0 Å². The van der Waals surface area contributed by atoms with Gasteiger partial charge in [-0.15, -0.1) is 11.6 Å². The van der Waals surface area contributed by atoms with Crippen LogP contribution in [0.5, 0.6) is 0 Å². The Balaban J connectivity index is 3.71. The summed E-state index contributed by atoms with van der Waals surface area (Å²) in [5.74, 6) is 0.555. The van der Waals surface area contributed by atoms with E-state index in [0.29, 0.717) is 12.3 Å². The van der Waals surface area contributed by atoms with Crippen molar-refractivity contribution in [1.82, 2.24) is 0 Å². The van der Waals surface area contributed by atoms with Crippen LogP contribution in [0.4, 0.5) is 13.2 Å². The van der Waals surface area contributed by atoms with Gasteiger partial charge in [0.25, 0.3) is 0 Å². The SMILES string of the molecule is CCC(CC)(CCl)CCCOCC(F)(F)F. The molecule has 98 valence electrons. The molecule has 0 bridgehead atoms. The average molecular weight is 261 g/mol. The van der Waals surface area contributed by atoms with Gasteiger partial charge < -0.3 is 4.74 Å². The summed E-state index contributed by atoms with van der Waals surface area (Å²) in [4.78, 5) is 0. The van der Waals surface area contributed by atoms with Crippen molar-refractivity contribution in [1.29, 1.82) is 0 Å². The van der Waals surface area contributed by atoms with Gasteiger partial charge in [0.15, 0.2) is 0 Å². The first-order chi connectivity index (χ1) is 7.39. The van der Waals surface area contributed by atoms with E-state index in [1.165, 1.54) is 0 Å². The lowest BCUT2D eigenvalue weighted by Gasteiger charge is -2.29. The molecule has 0 saturated heterocycles. The Morgan fingerprint density at radius 3 is 2.06 bits per heavy atom. The molecule has 0 N–H and O–H groups in total. The lowest BCUT2D eigenvalue weighted by Crippen LogP contribution is -2.22. The first kappa shape index (κ1) is 16.0. The molecule has 0 atom stereocenters. The summed E-state index contributed by atoms with van der Waals surface area (Å²) in [5, 5.41) is 0. The lowest BCUT2D eigenvalue weighted by molar-refractivity contribution is -0.174. The van der Waals surface area contributed by atoms with Crippen LogP contribution in [0.25, 0.3) is 0 Å². The highest BCUT2D eigenvalue weighted by molar-refractivity contribution is 6.18. The van der Waals surface area contributed by atoms with Crippen LogP contribution in [0.1, 0.15) is 39.5 Å². The number of alkyl halides is 4. The third kappa shape index (κ3) is 6.59. The molecule has 5 heteroatoms. The fourth-order valence-corrected chi connectivity index (χ4v) is 2.11. The topological polar surface area (TPSA) is 9.23 Å². The van der Waals surface area contributed by atoms with Crippen molar-refractivity contribution in [2.45, 2.75) is 45.7 Å². The minimum Gasteiger partial charge on any atom is -0.372 e. The summed E-state index contributed by atoms with van der Waals surface area (Å²) in [7, 11) is 0. The first-order valence-electron chi connectivity index (χ1n) is 5.59. The van der Waals surface area contributed by atoms with Crippen molar-refractivity contribution >= 4 is 11.6 Å². The van der Waals surface area contributed by atoms with Gasteiger partial charge in [-0.1, -0.05) is 13.8 Å². The Morgan fingerprint density at radius 1 is 1.12 bits per heavy atom. The number of hydrogen-bond acceptors (Lipinski definition) is 1. The monoisotopic (exact) mass is 260 g/mol. The summed E-state index contributed by atoms with van der Waals surface area (Å²) in [6.07, 6.45) is -0.872. The maximum Gasteiger partial charge on any atom is 0.411 e. The fraction of sp³-hybridized carbons (Fsp3) is 1.00. The molecule has 0 spiro atoms. The Hall–Kier alpha value is 0.0400. The number of ether oxygens (including phenoxy) is 1. The molecule has 0 rings (SSSR count). The van der Waals surface area contributed by atoms with Crippen molar-refractivity contribution in [2.24, 2.45) is 5.41 Å². The van der Waals surface area contributed by atoms with Crippen molar-refractivity contribution in [3.8, 4) is 0 Å². The van der Waals surface area contributed by atoms with Gasteiger partial charge in [0.2, 0.25) is 0 Å². The normalized spacial score (nSPS) is 13.1. The second kappa shape index (κ2) is 7.38. The molecule has 16 heavy (non-hydrogen) atoms. The Labute approximate surface area is 100 Å². The largest absolute Gasteiger partial charge is 0.411 e. The van der Waals surface area contributed by atoms with E-state index in [1.807, 2.05) is 0 Å². The zero-order valence-corrected chi connectivity index (χ0v) is 10.6. The van der Waals surface area contributed by atoms with E-state index in [2.05, 4.69) is 18.6 Å². The molecule has 0 fully saturated rings. The second-order valence-electron chi connectivity index (χ2n) is 4.11. The maximum atomic E-state index is 11.8. The minimum absolute atomic E-state index is 0.0587. The fourth-order valence-electron chi connectivity index (χ4n) is 1.60. The molecule has 0 amide bonds. The van der Waals surface area contributed by atoms with Crippen molar-refractivity contribution in [2.75, 3.05) is 19.1 Å². The molecule has 0 aromatic carbocycles. The molecule has 0 heterocycles. The lowest BCUT2D eigenvalue weighted by atomic mass is 9.80. The van der Waals surface area contributed by atoms with Gasteiger partial charge >= 0.3 is 6.18 Å².